The van der Waals surface area contributed by atoms with E-state index in [-0.39, 0.29) is 9.92 Å². The summed E-state index contributed by atoms with van der Waals surface area (Å²) >= 11 is 11.8. The Morgan fingerprint density at radius 3 is 2.37 bits per heavy atom. The van der Waals surface area contributed by atoms with Gasteiger partial charge in [0.25, 0.3) is 0 Å². The van der Waals surface area contributed by atoms with E-state index in [2.05, 4.69) is 10.0 Å². The predicted molar refractivity (Wildman–Crippen MR) is 109 cm³/mol. The van der Waals surface area contributed by atoms with Crippen LogP contribution in [-0.4, -0.2) is 20.4 Å². The van der Waals surface area contributed by atoms with Crippen molar-refractivity contribution >= 4 is 55.6 Å². The van der Waals surface area contributed by atoms with Crippen LogP contribution in [0.15, 0.2) is 65.6 Å². The van der Waals surface area contributed by atoms with Crippen molar-refractivity contribution in [3.05, 3.63) is 70.7 Å². The smallest absolute Gasteiger partial charge is 0.242 e. The number of hydrogen-bond donors (Lipinski definition) is 2. The molecule has 3 aromatic carbocycles. The summed E-state index contributed by atoms with van der Waals surface area (Å²) in [5.41, 5.74) is 0.350. The molecule has 0 aromatic heterocycles. The van der Waals surface area contributed by atoms with Crippen LogP contribution in [0.1, 0.15) is 6.92 Å². The second kappa shape index (κ2) is 7.86. The molecule has 1 amide bonds. The van der Waals surface area contributed by atoms with E-state index in [0.717, 1.165) is 10.8 Å². The monoisotopic (exact) mass is 422 g/mol. The third-order valence-electron chi connectivity index (χ3n) is 3.95. The molecule has 1 unspecified atom stereocenters. The Kier molecular flexibility index (Phi) is 5.72. The second-order valence-electron chi connectivity index (χ2n) is 5.97. The van der Waals surface area contributed by atoms with E-state index in [1.807, 2.05) is 24.3 Å². The molecule has 0 saturated heterocycles. The van der Waals surface area contributed by atoms with Gasteiger partial charge in [0.1, 0.15) is 0 Å². The van der Waals surface area contributed by atoms with Crippen LogP contribution >= 0.6 is 23.2 Å². The fourth-order valence-electron chi connectivity index (χ4n) is 2.52. The Balaban J connectivity index is 1.76. The van der Waals surface area contributed by atoms with Crippen molar-refractivity contribution in [1.82, 2.24) is 4.72 Å². The van der Waals surface area contributed by atoms with Crippen LogP contribution in [0.2, 0.25) is 10.0 Å². The van der Waals surface area contributed by atoms with Crippen LogP contribution in [-0.2, 0) is 14.8 Å². The summed E-state index contributed by atoms with van der Waals surface area (Å²) in [6, 6.07) is 15.8. The van der Waals surface area contributed by atoms with Crippen molar-refractivity contribution in [3.63, 3.8) is 0 Å². The summed E-state index contributed by atoms with van der Waals surface area (Å²) in [6.45, 7) is 1.46. The lowest BCUT2D eigenvalue weighted by atomic mass is 10.1. The van der Waals surface area contributed by atoms with Crippen LogP contribution in [0.25, 0.3) is 10.8 Å². The fraction of sp³-hybridized carbons (Fsp3) is 0.105. The van der Waals surface area contributed by atoms with Crippen LogP contribution < -0.4 is 10.0 Å². The molecule has 8 heteroatoms. The van der Waals surface area contributed by atoms with E-state index < -0.39 is 22.0 Å². The maximum atomic E-state index is 12.6. The Morgan fingerprint density at radius 2 is 1.67 bits per heavy atom. The number of carbonyl (C=O) groups is 1. The highest BCUT2D eigenvalue weighted by Gasteiger charge is 2.22. The summed E-state index contributed by atoms with van der Waals surface area (Å²) in [5, 5.41) is 5.01. The van der Waals surface area contributed by atoms with E-state index in [1.54, 1.807) is 24.3 Å². The van der Waals surface area contributed by atoms with Crippen molar-refractivity contribution in [2.45, 2.75) is 17.9 Å². The summed E-state index contributed by atoms with van der Waals surface area (Å²) in [5.74, 6) is -0.538. The molecule has 3 rings (SSSR count). The van der Waals surface area contributed by atoms with Gasteiger partial charge in [0.05, 0.1) is 21.6 Å². The normalized spacial score (nSPS) is 12.7. The average molecular weight is 423 g/mol. The highest BCUT2D eigenvalue weighted by molar-refractivity contribution is 7.89. The number of nitrogens with one attached hydrogen (secondary N) is 2. The van der Waals surface area contributed by atoms with Gasteiger partial charge in [0.2, 0.25) is 15.9 Å². The van der Waals surface area contributed by atoms with Crippen LogP contribution in [0.4, 0.5) is 5.69 Å². The van der Waals surface area contributed by atoms with Crippen LogP contribution in [0.3, 0.4) is 0 Å². The van der Waals surface area contributed by atoms with Gasteiger partial charge in [-0.1, -0.05) is 53.5 Å². The number of anilines is 1. The molecule has 0 bridgehead atoms. The molecule has 27 heavy (non-hydrogen) atoms. The van der Waals surface area contributed by atoms with E-state index in [9.17, 15) is 13.2 Å². The molecule has 140 valence electrons. The molecule has 0 heterocycles. The molecule has 0 radical (unpaired) electrons. The molecule has 3 aromatic rings. The van der Waals surface area contributed by atoms with Crippen molar-refractivity contribution in [3.8, 4) is 0 Å². The maximum Gasteiger partial charge on any atom is 0.242 e. The third-order valence-corrected chi connectivity index (χ3v) is 6.03. The van der Waals surface area contributed by atoms with Gasteiger partial charge in [0, 0.05) is 5.02 Å². The number of sulfonamides is 1. The first-order chi connectivity index (χ1) is 12.8. The van der Waals surface area contributed by atoms with E-state index >= 15 is 0 Å². The Morgan fingerprint density at radius 1 is 0.963 bits per heavy atom. The van der Waals surface area contributed by atoms with Gasteiger partial charge >= 0.3 is 0 Å². The Bertz CT molecular complexity index is 1120. The molecule has 0 spiro atoms. The first-order valence-electron chi connectivity index (χ1n) is 8.03. The molecular weight excluding hydrogens is 407 g/mol. The SMILES string of the molecule is CC(NS(=O)(=O)c1ccc2ccccc2c1)C(=O)Nc1ccc(Cl)cc1Cl. The minimum absolute atomic E-state index is 0.0883. The zero-order valence-electron chi connectivity index (χ0n) is 14.2. The van der Waals surface area contributed by atoms with Crippen molar-refractivity contribution in [1.29, 1.82) is 0 Å². The molecule has 0 fully saturated rings. The number of carbonyl (C=O) groups excluding carboxylic acids is 1. The highest BCUT2D eigenvalue weighted by Crippen LogP contribution is 2.25. The van der Waals surface area contributed by atoms with E-state index in [1.165, 1.54) is 19.1 Å². The van der Waals surface area contributed by atoms with Crippen molar-refractivity contribution in [2.75, 3.05) is 5.32 Å². The number of hydrogen-bond acceptors (Lipinski definition) is 3. The van der Waals surface area contributed by atoms with Crippen LogP contribution in [0, 0.1) is 0 Å². The predicted octanol–water partition coefficient (Wildman–Crippen LogP) is 4.45. The van der Waals surface area contributed by atoms with Gasteiger partial charge in [0.15, 0.2) is 0 Å². The number of benzene rings is 3. The minimum atomic E-state index is -3.87. The zero-order chi connectivity index (χ0) is 19.6. The second-order valence-corrected chi connectivity index (χ2v) is 8.52. The van der Waals surface area contributed by atoms with Crippen molar-refractivity contribution < 1.29 is 13.2 Å². The van der Waals surface area contributed by atoms with E-state index in [4.69, 9.17) is 23.2 Å². The summed E-state index contributed by atoms with van der Waals surface area (Å²) in [4.78, 5) is 12.4. The molecule has 0 aliphatic rings. The molecule has 5 nitrogen and oxygen atoms in total. The lowest BCUT2D eigenvalue weighted by Gasteiger charge is -2.15. The molecule has 0 saturated carbocycles. The summed E-state index contributed by atoms with van der Waals surface area (Å²) in [6.07, 6.45) is 0. The quantitative estimate of drug-likeness (QED) is 0.637. The number of fused-ring (bicyclic) bond motifs is 1. The lowest BCUT2D eigenvalue weighted by molar-refractivity contribution is -0.117. The fourth-order valence-corrected chi connectivity index (χ4v) is 4.21. The van der Waals surface area contributed by atoms with Gasteiger partial charge in [-0.15, -0.1) is 0 Å². The van der Waals surface area contributed by atoms with Gasteiger partial charge in [-0.25, -0.2) is 8.42 Å². The first-order valence-corrected chi connectivity index (χ1v) is 10.3. The summed E-state index contributed by atoms with van der Waals surface area (Å²) in [7, 11) is -3.87. The standard InChI is InChI=1S/C19H16Cl2N2O3S/c1-12(19(24)22-18-9-7-15(20)11-17(18)21)23-27(25,26)16-8-6-13-4-2-3-5-14(13)10-16/h2-12,23H,1H3,(H,22,24). The van der Waals surface area contributed by atoms with Gasteiger partial charge in [-0.2, -0.15) is 4.72 Å². The lowest BCUT2D eigenvalue weighted by Crippen LogP contribution is -2.41. The summed E-state index contributed by atoms with van der Waals surface area (Å²) < 4.78 is 27.6. The highest BCUT2D eigenvalue weighted by atomic mass is 35.5. The van der Waals surface area contributed by atoms with Gasteiger partial charge in [-0.3, -0.25) is 4.79 Å². The number of halogens is 2. The topological polar surface area (TPSA) is 75.3 Å². The Labute approximate surface area is 167 Å². The Hall–Kier alpha value is -2.12. The molecular formula is C19H16Cl2N2O3S. The average Bonchev–Trinajstić information content (AvgIpc) is 2.63. The third kappa shape index (κ3) is 4.59. The largest absolute Gasteiger partial charge is 0.323 e. The zero-order valence-corrected chi connectivity index (χ0v) is 16.6. The maximum absolute atomic E-state index is 12.6. The van der Waals surface area contributed by atoms with Crippen molar-refractivity contribution in [2.24, 2.45) is 0 Å². The van der Waals surface area contributed by atoms with Crippen LogP contribution in [0.5, 0.6) is 0 Å². The molecule has 2 N–H and O–H groups in total. The minimum Gasteiger partial charge on any atom is -0.323 e. The molecule has 0 aliphatic heterocycles. The first kappa shape index (κ1) is 19.6. The molecule has 0 aliphatic carbocycles. The molecule has 1 atom stereocenters. The van der Waals surface area contributed by atoms with Gasteiger partial charge in [-0.05, 0) is 48.0 Å². The number of amides is 1. The number of rotatable bonds is 5. The van der Waals surface area contributed by atoms with Gasteiger partial charge < -0.3 is 5.32 Å². The van der Waals surface area contributed by atoms with E-state index in [0.29, 0.717) is 10.7 Å².